The van der Waals surface area contributed by atoms with E-state index in [0.717, 1.165) is 5.56 Å². The molecule has 1 aromatic rings. The second-order valence-corrected chi connectivity index (χ2v) is 4.11. The van der Waals surface area contributed by atoms with Gasteiger partial charge in [-0.25, -0.2) is 9.59 Å². The van der Waals surface area contributed by atoms with E-state index in [1.54, 1.807) is 18.2 Å². The van der Waals surface area contributed by atoms with Crippen LogP contribution in [0.1, 0.15) is 36.2 Å². The van der Waals surface area contributed by atoms with E-state index in [4.69, 9.17) is 9.47 Å². The lowest BCUT2D eigenvalue weighted by atomic mass is 10.1. The Labute approximate surface area is 119 Å². The van der Waals surface area contributed by atoms with Crippen molar-refractivity contribution in [2.45, 2.75) is 33.3 Å². The maximum Gasteiger partial charge on any atom is 0.338 e. The van der Waals surface area contributed by atoms with Crippen LogP contribution in [-0.2, 0) is 14.3 Å². The first-order valence-electron chi connectivity index (χ1n) is 6.76. The van der Waals surface area contributed by atoms with Gasteiger partial charge in [0.25, 0.3) is 0 Å². The minimum absolute atomic E-state index is 0.0866. The number of benzene rings is 1. The van der Waals surface area contributed by atoms with E-state index in [1.807, 2.05) is 32.9 Å². The zero-order chi connectivity index (χ0) is 15.0. The van der Waals surface area contributed by atoms with E-state index in [1.165, 1.54) is 6.08 Å². The molecule has 4 nitrogen and oxygen atoms in total. The highest BCUT2D eigenvalue weighted by Gasteiger charge is 2.18. The van der Waals surface area contributed by atoms with Crippen molar-refractivity contribution >= 4 is 11.9 Å². The second kappa shape index (κ2) is 8.15. The Morgan fingerprint density at radius 3 is 2.70 bits per heavy atom. The molecule has 0 aromatic heterocycles. The van der Waals surface area contributed by atoms with Gasteiger partial charge in [-0.15, -0.1) is 0 Å². The van der Waals surface area contributed by atoms with Gasteiger partial charge in [0.2, 0.25) is 0 Å². The molecule has 1 aliphatic rings. The van der Waals surface area contributed by atoms with E-state index < -0.39 is 11.9 Å². The van der Waals surface area contributed by atoms with Crippen molar-refractivity contribution in [3.05, 3.63) is 47.5 Å². The van der Waals surface area contributed by atoms with Gasteiger partial charge < -0.3 is 9.47 Å². The lowest BCUT2D eigenvalue weighted by Crippen LogP contribution is -2.26. The average molecular weight is 276 g/mol. The molecule has 0 bridgehead atoms. The summed E-state index contributed by atoms with van der Waals surface area (Å²) < 4.78 is 10.1. The molecule has 0 radical (unpaired) electrons. The van der Waals surface area contributed by atoms with Crippen LogP contribution in [0.15, 0.2) is 36.4 Å². The first-order valence-corrected chi connectivity index (χ1v) is 6.76. The smallest absolute Gasteiger partial charge is 0.338 e. The molecule has 0 spiro atoms. The molecule has 1 unspecified atom stereocenters. The number of aryl methyl sites for hydroxylation is 1. The van der Waals surface area contributed by atoms with Gasteiger partial charge in [-0.2, -0.15) is 0 Å². The van der Waals surface area contributed by atoms with Gasteiger partial charge in [-0.05, 0) is 18.6 Å². The van der Waals surface area contributed by atoms with Crippen LogP contribution in [-0.4, -0.2) is 24.6 Å². The fourth-order valence-corrected chi connectivity index (χ4v) is 1.72. The second-order valence-electron chi connectivity index (χ2n) is 4.11. The fourth-order valence-electron chi connectivity index (χ4n) is 1.72. The molecule has 2 rings (SSSR count). The van der Waals surface area contributed by atoms with E-state index in [2.05, 4.69) is 0 Å². The monoisotopic (exact) mass is 276 g/mol. The van der Waals surface area contributed by atoms with Crippen molar-refractivity contribution in [2.24, 2.45) is 0 Å². The molecule has 0 saturated heterocycles. The van der Waals surface area contributed by atoms with Gasteiger partial charge in [0.15, 0.2) is 0 Å². The van der Waals surface area contributed by atoms with E-state index >= 15 is 0 Å². The molecule has 1 atom stereocenters. The number of ether oxygens (including phenoxy) is 2. The number of carbonyl (C=O) groups excluding carboxylic acids is 2. The van der Waals surface area contributed by atoms with Crippen LogP contribution in [0.4, 0.5) is 0 Å². The summed E-state index contributed by atoms with van der Waals surface area (Å²) in [5, 5.41) is 0. The van der Waals surface area contributed by atoms with Gasteiger partial charge in [0.1, 0.15) is 12.7 Å². The minimum atomic E-state index is -0.391. The summed E-state index contributed by atoms with van der Waals surface area (Å²) >= 11 is 0. The highest BCUT2D eigenvalue weighted by molar-refractivity contribution is 5.91. The first kappa shape index (κ1) is 16.0. The molecule has 108 valence electrons. The lowest BCUT2D eigenvalue weighted by molar-refractivity contribution is -0.146. The number of rotatable bonds is 3. The zero-order valence-electron chi connectivity index (χ0n) is 12.1. The van der Waals surface area contributed by atoms with Crippen molar-refractivity contribution < 1.29 is 19.1 Å². The number of hydrogen-bond donors (Lipinski definition) is 0. The third-order valence-electron chi connectivity index (χ3n) is 2.70. The number of cyclic esters (lactones) is 1. The van der Waals surface area contributed by atoms with Crippen LogP contribution in [0.2, 0.25) is 0 Å². The largest absolute Gasteiger partial charge is 0.458 e. The molecule has 0 aliphatic carbocycles. The molecule has 0 fully saturated rings. The van der Waals surface area contributed by atoms with E-state index in [0.29, 0.717) is 12.0 Å². The fraction of sp³-hybridized carbons (Fsp3) is 0.375. The minimum Gasteiger partial charge on any atom is -0.458 e. The highest BCUT2D eigenvalue weighted by atomic mass is 16.6. The van der Waals surface area contributed by atoms with Crippen molar-refractivity contribution in [3.8, 4) is 0 Å². The molecule has 0 N–H and O–H groups in total. The Kier molecular flexibility index (Phi) is 6.50. The van der Waals surface area contributed by atoms with Gasteiger partial charge in [0.05, 0.1) is 5.56 Å². The summed E-state index contributed by atoms with van der Waals surface area (Å²) in [6.45, 7) is 5.93. The van der Waals surface area contributed by atoms with Gasteiger partial charge >= 0.3 is 11.9 Å². The molecular weight excluding hydrogens is 256 g/mol. The first-order chi connectivity index (χ1) is 9.66. The van der Waals surface area contributed by atoms with Crippen LogP contribution in [0.25, 0.3) is 0 Å². The molecular formula is C16H20O4. The third-order valence-corrected chi connectivity index (χ3v) is 2.70. The maximum absolute atomic E-state index is 11.8. The quantitative estimate of drug-likeness (QED) is 0.796. The van der Waals surface area contributed by atoms with Crippen LogP contribution in [0.5, 0.6) is 0 Å². The van der Waals surface area contributed by atoms with Crippen molar-refractivity contribution in [1.29, 1.82) is 0 Å². The molecule has 4 heteroatoms. The van der Waals surface area contributed by atoms with Crippen LogP contribution in [0, 0.1) is 6.92 Å². The summed E-state index contributed by atoms with van der Waals surface area (Å²) in [7, 11) is 0. The highest BCUT2D eigenvalue weighted by Crippen LogP contribution is 2.11. The normalized spacial score (nSPS) is 16.8. The third kappa shape index (κ3) is 4.53. The summed E-state index contributed by atoms with van der Waals surface area (Å²) in [4.78, 5) is 22.8. The summed E-state index contributed by atoms with van der Waals surface area (Å²) in [5.41, 5.74) is 1.40. The number of hydrogen-bond acceptors (Lipinski definition) is 4. The Hall–Kier alpha value is -2.10. The topological polar surface area (TPSA) is 52.6 Å². The SMILES string of the molecule is CC.Cc1ccccc1C(=O)OCC1CC=CC(=O)O1. The maximum atomic E-state index is 11.8. The molecule has 1 heterocycles. The zero-order valence-corrected chi connectivity index (χ0v) is 12.1. The van der Waals surface area contributed by atoms with Crippen molar-refractivity contribution in [3.63, 3.8) is 0 Å². The van der Waals surface area contributed by atoms with Gasteiger partial charge in [-0.1, -0.05) is 38.1 Å². The van der Waals surface area contributed by atoms with Crippen molar-refractivity contribution in [2.75, 3.05) is 6.61 Å². The molecule has 20 heavy (non-hydrogen) atoms. The van der Waals surface area contributed by atoms with Crippen LogP contribution in [0.3, 0.4) is 0 Å². The van der Waals surface area contributed by atoms with Gasteiger partial charge in [-0.3, -0.25) is 0 Å². The van der Waals surface area contributed by atoms with E-state index in [-0.39, 0.29) is 12.7 Å². The summed E-state index contributed by atoms with van der Waals surface area (Å²) in [6, 6.07) is 7.21. The molecule has 0 amide bonds. The summed E-state index contributed by atoms with van der Waals surface area (Å²) in [5.74, 6) is -0.781. The Balaban J connectivity index is 0.000000956. The predicted molar refractivity (Wildman–Crippen MR) is 76.4 cm³/mol. The average Bonchev–Trinajstić information content (AvgIpc) is 2.47. The Morgan fingerprint density at radius 2 is 2.05 bits per heavy atom. The molecule has 0 saturated carbocycles. The van der Waals surface area contributed by atoms with Crippen LogP contribution >= 0.6 is 0 Å². The Bertz CT molecular complexity index is 491. The lowest BCUT2D eigenvalue weighted by Gasteiger charge is -2.18. The number of esters is 2. The Morgan fingerprint density at radius 1 is 1.35 bits per heavy atom. The predicted octanol–water partition coefficient (Wildman–Crippen LogP) is 3.05. The van der Waals surface area contributed by atoms with E-state index in [9.17, 15) is 9.59 Å². The molecule has 1 aliphatic heterocycles. The van der Waals surface area contributed by atoms with Gasteiger partial charge in [0, 0.05) is 12.5 Å². The van der Waals surface area contributed by atoms with Crippen LogP contribution < -0.4 is 0 Å². The molecule has 1 aromatic carbocycles. The van der Waals surface area contributed by atoms with Crippen molar-refractivity contribution in [1.82, 2.24) is 0 Å². The summed E-state index contributed by atoms with van der Waals surface area (Å²) in [6.07, 6.45) is 3.29. The number of carbonyl (C=O) groups is 2. The standard InChI is InChI=1S/C14H14O4.C2H6/c1-10-5-2-3-7-12(10)14(16)17-9-11-6-4-8-13(15)18-11;1-2/h2-5,7-8,11H,6,9H2,1H3;1-2H3.